The third-order valence-electron chi connectivity index (χ3n) is 1.70. The van der Waals surface area contributed by atoms with Crippen molar-refractivity contribution < 1.29 is 4.74 Å². The number of ether oxygens (including phenoxy) is 1. The van der Waals surface area contributed by atoms with Crippen molar-refractivity contribution in [2.24, 2.45) is 0 Å². The topological polar surface area (TPSA) is 9.23 Å². The molecule has 0 N–H and O–H groups in total. The van der Waals surface area contributed by atoms with Gasteiger partial charge in [0.25, 0.3) is 0 Å². The van der Waals surface area contributed by atoms with Crippen LogP contribution in [0.1, 0.15) is 12.5 Å². The molecule has 0 radical (unpaired) electrons. The van der Waals surface area contributed by atoms with Crippen LogP contribution < -0.4 is 4.74 Å². The van der Waals surface area contributed by atoms with Crippen LogP contribution in [-0.2, 0) is 6.42 Å². The van der Waals surface area contributed by atoms with Crippen LogP contribution in [0.2, 0.25) is 5.02 Å². The first-order valence-electron chi connectivity index (χ1n) is 3.71. The first-order chi connectivity index (χ1) is 5.69. The lowest BCUT2D eigenvalue weighted by molar-refractivity contribution is 0.414. The van der Waals surface area contributed by atoms with Crippen LogP contribution in [-0.4, -0.2) is 7.11 Å². The van der Waals surface area contributed by atoms with Gasteiger partial charge in [0, 0.05) is 4.47 Å². The highest BCUT2D eigenvalue weighted by Gasteiger charge is 2.05. The smallest absolute Gasteiger partial charge is 0.137 e. The summed E-state index contributed by atoms with van der Waals surface area (Å²) < 4.78 is 6.13. The van der Waals surface area contributed by atoms with Gasteiger partial charge < -0.3 is 4.74 Å². The highest BCUT2D eigenvalue weighted by Crippen LogP contribution is 2.31. The van der Waals surface area contributed by atoms with E-state index in [-0.39, 0.29) is 0 Å². The Bertz CT molecular complexity index is 261. The van der Waals surface area contributed by atoms with Gasteiger partial charge in [0.2, 0.25) is 0 Å². The van der Waals surface area contributed by atoms with Gasteiger partial charge >= 0.3 is 0 Å². The summed E-state index contributed by atoms with van der Waals surface area (Å²) in [6.45, 7) is 2.09. The number of hydrogen-bond acceptors (Lipinski definition) is 1. The molecule has 66 valence electrons. The summed E-state index contributed by atoms with van der Waals surface area (Å²) in [5, 5.41) is 0.640. The Morgan fingerprint density at radius 2 is 2.17 bits per heavy atom. The van der Waals surface area contributed by atoms with Gasteiger partial charge in [0.1, 0.15) is 5.75 Å². The van der Waals surface area contributed by atoms with E-state index in [9.17, 15) is 0 Å². The molecule has 3 heteroatoms. The van der Waals surface area contributed by atoms with Gasteiger partial charge in [0.15, 0.2) is 0 Å². The molecular formula is C9H10BrClO. The summed E-state index contributed by atoms with van der Waals surface area (Å²) in [5.41, 5.74) is 1.20. The first-order valence-corrected chi connectivity index (χ1v) is 4.88. The van der Waals surface area contributed by atoms with E-state index >= 15 is 0 Å². The second-order valence-electron chi connectivity index (χ2n) is 2.43. The molecule has 0 heterocycles. The highest BCUT2D eigenvalue weighted by atomic mass is 79.9. The standard InChI is InChI=1S/C9H10BrClO/c1-3-6-4-9(12-2)8(11)5-7(6)10/h4-5H,3H2,1-2H3. The Morgan fingerprint density at radius 3 is 2.67 bits per heavy atom. The van der Waals surface area contributed by atoms with Crippen molar-refractivity contribution in [3.8, 4) is 5.75 Å². The Morgan fingerprint density at radius 1 is 1.50 bits per heavy atom. The van der Waals surface area contributed by atoms with E-state index in [2.05, 4.69) is 22.9 Å². The molecule has 1 nitrogen and oxygen atoms in total. The minimum atomic E-state index is 0.640. The van der Waals surface area contributed by atoms with Crippen molar-refractivity contribution in [3.05, 3.63) is 27.2 Å². The second kappa shape index (κ2) is 4.15. The second-order valence-corrected chi connectivity index (χ2v) is 3.69. The van der Waals surface area contributed by atoms with Crippen LogP contribution in [0, 0.1) is 0 Å². The van der Waals surface area contributed by atoms with Gasteiger partial charge in [-0.2, -0.15) is 0 Å². The zero-order valence-electron chi connectivity index (χ0n) is 7.03. The Hall–Kier alpha value is -0.210. The summed E-state index contributed by atoms with van der Waals surface area (Å²) in [6.07, 6.45) is 0.966. The summed E-state index contributed by atoms with van der Waals surface area (Å²) in [5.74, 6) is 0.733. The molecule has 1 aromatic carbocycles. The number of aryl methyl sites for hydroxylation is 1. The van der Waals surface area contributed by atoms with Crippen molar-refractivity contribution in [2.45, 2.75) is 13.3 Å². The fraction of sp³-hybridized carbons (Fsp3) is 0.333. The molecule has 0 spiro atoms. The third-order valence-corrected chi connectivity index (χ3v) is 2.74. The number of methoxy groups -OCH3 is 1. The quantitative estimate of drug-likeness (QED) is 0.777. The molecule has 1 rings (SSSR count). The molecule has 0 aromatic heterocycles. The average Bonchev–Trinajstić information content (AvgIpc) is 2.05. The molecule has 12 heavy (non-hydrogen) atoms. The third kappa shape index (κ3) is 1.93. The van der Waals surface area contributed by atoms with Gasteiger partial charge in [-0.05, 0) is 24.1 Å². The van der Waals surface area contributed by atoms with E-state index in [1.54, 1.807) is 7.11 Å². The monoisotopic (exact) mass is 248 g/mol. The molecule has 0 fully saturated rings. The van der Waals surface area contributed by atoms with Crippen LogP contribution >= 0.6 is 27.5 Å². The lowest BCUT2D eigenvalue weighted by Crippen LogP contribution is -1.88. The molecule has 0 atom stereocenters. The predicted molar refractivity (Wildman–Crippen MR) is 55.1 cm³/mol. The molecule has 0 aliphatic carbocycles. The number of hydrogen-bond donors (Lipinski definition) is 0. The van der Waals surface area contributed by atoms with Crippen LogP contribution in [0.25, 0.3) is 0 Å². The van der Waals surface area contributed by atoms with E-state index in [1.807, 2.05) is 12.1 Å². The fourth-order valence-corrected chi connectivity index (χ4v) is 1.99. The zero-order chi connectivity index (χ0) is 9.14. The summed E-state index contributed by atoms with van der Waals surface area (Å²) >= 11 is 9.33. The molecule has 0 bridgehead atoms. The number of rotatable bonds is 2. The molecule has 0 aliphatic rings. The van der Waals surface area contributed by atoms with E-state index in [1.165, 1.54) is 5.56 Å². The predicted octanol–water partition coefficient (Wildman–Crippen LogP) is 3.67. The van der Waals surface area contributed by atoms with Gasteiger partial charge in [0.05, 0.1) is 12.1 Å². The maximum absolute atomic E-state index is 5.90. The van der Waals surface area contributed by atoms with Crippen molar-refractivity contribution in [3.63, 3.8) is 0 Å². The normalized spacial score (nSPS) is 10.0. The van der Waals surface area contributed by atoms with Crippen LogP contribution in [0.5, 0.6) is 5.75 Å². The molecule has 0 amide bonds. The Labute approximate surface area is 85.8 Å². The first kappa shape index (κ1) is 9.87. The van der Waals surface area contributed by atoms with Gasteiger partial charge in [-0.1, -0.05) is 34.5 Å². The van der Waals surface area contributed by atoms with Gasteiger partial charge in [-0.15, -0.1) is 0 Å². The van der Waals surface area contributed by atoms with E-state index in [0.29, 0.717) is 5.02 Å². The lowest BCUT2D eigenvalue weighted by atomic mass is 10.2. The molecular weight excluding hydrogens is 239 g/mol. The van der Waals surface area contributed by atoms with Crippen molar-refractivity contribution in [1.29, 1.82) is 0 Å². The average molecular weight is 250 g/mol. The SMILES string of the molecule is CCc1cc(OC)c(Cl)cc1Br. The van der Waals surface area contributed by atoms with Crippen LogP contribution in [0.3, 0.4) is 0 Å². The van der Waals surface area contributed by atoms with Crippen LogP contribution in [0.15, 0.2) is 16.6 Å². The number of benzene rings is 1. The maximum Gasteiger partial charge on any atom is 0.137 e. The Balaban J connectivity index is 3.18. The summed E-state index contributed by atoms with van der Waals surface area (Å²) in [7, 11) is 1.62. The molecule has 0 aliphatic heterocycles. The summed E-state index contributed by atoms with van der Waals surface area (Å²) in [6, 6.07) is 3.81. The Kier molecular flexibility index (Phi) is 3.41. The fourth-order valence-electron chi connectivity index (χ4n) is 0.999. The maximum atomic E-state index is 5.90. The van der Waals surface area contributed by atoms with Crippen molar-refractivity contribution >= 4 is 27.5 Å². The van der Waals surface area contributed by atoms with Crippen molar-refractivity contribution in [2.75, 3.05) is 7.11 Å². The van der Waals surface area contributed by atoms with Gasteiger partial charge in [-0.3, -0.25) is 0 Å². The van der Waals surface area contributed by atoms with Gasteiger partial charge in [-0.25, -0.2) is 0 Å². The van der Waals surface area contributed by atoms with E-state index < -0.39 is 0 Å². The lowest BCUT2D eigenvalue weighted by Gasteiger charge is -2.06. The zero-order valence-corrected chi connectivity index (χ0v) is 9.37. The van der Waals surface area contributed by atoms with Crippen molar-refractivity contribution in [1.82, 2.24) is 0 Å². The van der Waals surface area contributed by atoms with E-state index in [4.69, 9.17) is 16.3 Å². The molecule has 0 saturated carbocycles. The number of halogens is 2. The van der Waals surface area contributed by atoms with Crippen LogP contribution in [0.4, 0.5) is 0 Å². The largest absolute Gasteiger partial charge is 0.495 e. The van der Waals surface area contributed by atoms with E-state index in [0.717, 1.165) is 16.6 Å². The summed E-state index contributed by atoms with van der Waals surface area (Å²) in [4.78, 5) is 0. The molecule has 1 aromatic rings. The minimum Gasteiger partial charge on any atom is -0.495 e. The minimum absolute atomic E-state index is 0.640. The molecule has 0 unspecified atom stereocenters. The molecule has 0 saturated heterocycles. The highest BCUT2D eigenvalue weighted by molar-refractivity contribution is 9.10.